The summed E-state index contributed by atoms with van der Waals surface area (Å²) in [7, 11) is 0. The Morgan fingerprint density at radius 3 is 2.87 bits per heavy atom. The molecule has 0 aromatic heterocycles. The molecule has 0 aromatic carbocycles. The van der Waals surface area contributed by atoms with E-state index >= 15 is 0 Å². The fourth-order valence-corrected chi connectivity index (χ4v) is 1.54. The van der Waals surface area contributed by atoms with Crippen LogP contribution in [-0.4, -0.2) is 36.1 Å². The molecule has 1 fully saturated rings. The molecular formula is C10H18N2O3. The molecule has 0 aromatic rings. The van der Waals surface area contributed by atoms with Crippen LogP contribution in [0.4, 0.5) is 0 Å². The van der Waals surface area contributed by atoms with E-state index in [4.69, 9.17) is 5.11 Å². The topological polar surface area (TPSA) is 78.4 Å². The van der Waals surface area contributed by atoms with Gasteiger partial charge in [-0.3, -0.25) is 14.9 Å². The number of carbonyl (C=O) groups excluding carboxylic acids is 2. The van der Waals surface area contributed by atoms with Crippen molar-refractivity contribution in [1.29, 1.82) is 0 Å². The van der Waals surface area contributed by atoms with Gasteiger partial charge in [-0.15, -0.1) is 0 Å². The number of imide groups is 1. The van der Waals surface area contributed by atoms with Crippen LogP contribution in [0.5, 0.6) is 0 Å². The van der Waals surface area contributed by atoms with Crippen molar-refractivity contribution in [3.05, 3.63) is 0 Å². The molecule has 1 aliphatic heterocycles. The van der Waals surface area contributed by atoms with Gasteiger partial charge in [-0.25, -0.2) is 0 Å². The molecule has 2 unspecified atom stereocenters. The van der Waals surface area contributed by atoms with Gasteiger partial charge >= 0.3 is 0 Å². The average Bonchev–Trinajstić information content (AvgIpc) is 2.52. The molecule has 15 heavy (non-hydrogen) atoms. The van der Waals surface area contributed by atoms with Crippen molar-refractivity contribution in [2.24, 2.45) is 5.92 Å². The van der Waals surface area contributed by atoms with Gasteiger partial charge in [0.25, 0.3) is 0 Å². The van der Waals surface area contributed by atoms with Gasteiger partial charge in [0.15, 0.2) is 0 Å². The molecule has 0 aliphatic carbocycles. The maximum absolute atomic E-state index is 11.1. The van der Waals surface area contributed by atoms with E-state index in [1.54, 1.807) is 0 Å². The lowest BCUT2D eigenvalue weighted by atomic mass is 10.1. The Morgan fingerprint density at radius 2 is 2.33 bits per heavy atom. The summed E-state index contributed by atoms with van der Waals surface area (Å²) in [6.07, 6.45) is 2.07. The first kappa shape index (κ1) is 12.1. The highest BCUT2D eigenvalue weighted by molar-refractivity contribution is 6.05. The van der Waals surface area contributed by atoms with Crippen LogP contribution in [0.25, 0.3) is 0 Å². The predicted octanol–water partition coefficient (Wildman–Crippen LogP) is -0.600. The summed E-state index contributed by atoms with van der Waals surface area (Å²) < 4.78 is 0. The zero-order chi connectivity index (χ0) is 11.3. The Balaban J connectivity index is 2.10. The van der Waals surface area contributed by atoms with Gasteiger partial charge in [0, 0.05) is 6.61 Å². The molecule has 5 nitrogen and oxygen atoms in total. The largest absolute Gasteiger partial charge is 0.396 e. The number of aliphatic hydroxyl groups is 1. The Bertz CT molecular complexity index is 243. The second kappa shape index (κ2) is 5.82. The molecule has 0 saturated carbocycles. The number of nitrogens with one attached hydrogen (secondary N) is 2. The number of rotatable bonds is 6. The van der Waals surface area contributed by atoms with Gasteiger partial charge in [-0.1, -0.05) is 6.92 Å². The molecule has 86 valence electrons. The van der Waals surface area contributed by atoms with Crippen LogP contribution in [0.2, 0.25) is 0 Å². The van der Waals surface area contributed by atoms with Crippen molar-refractivity contribution in [1.82, 2.24) is 10.6 Å². The van der Waals surface area contributed by atoms with E-state index in [-0.39, 0.29) is 30.9 Å². The first-order valence-electron chi connectivity index (χ1n) is 5.31. The molecule has 0 bridgehead atoms. The standard InChI is InChI=1S/C10H18N2O3/c1-7(6-13)3-2-4-11-8-5-9(14)12-10(8)15/h7-8,11,13H,2-6H2,1H3,(H,12,14,15). The van der Waals surface area contributed by atoms with Gasteiger partial charge in [0.05, 0.1) is 12.5 Å². The zero-order valence-corrected chi connectivity index (χ0v) is 8.95. The third kappa shape index (κ3) is 3.97. The van der Waals surface area contributed by atoms with E-state index < -0.39 is 0 Å². The van der Waals surface area contributed by atoms with Crippen LogP contribution in [0.15, 0.2) is 0 Å². The van der Waals surface area contributed by atoms with E-state index in [0.29, 0.717) is 12.5 Å². The van der Waals surface area contributed by atoms with Crippen molar-refractivity contribution in [3.8, 4) is 0 Å². The quantitative estimate of drug-likeness (QED) is 0.407. The summed E-state index contributed by atoms with van der Waals surface area (Å²) in [6, 6.07) is -0.359. The highest BCUT2D eigenvalue weighted by Gasteiger charge is 2.29. The predicted molar refractivity (Wildman–Crippen MR) is 55.0 cm³/mol. The van der Waals surface area contributed by atoms with Crippen LogP contribution in [-0.2, 0) is 9.59 Å². The average molecular weight is 214 g/mol. The molecular weight excluding hydrogens is 196 g/mol. The lowest BCUT2D eigenvalue weighted by Crippen LogP contribution is -2.36. The number of hydrogen-bond donors (Lipinski definition) is 3. The number of hydrogen-bond acceptors (Lipinski definition) is 4. The maximum atomic E-state index is 11.1. The smallest absolute Gasteiger partial charge is 0.244 e. The SMILES string of the molecule is CC(CO)CCCNC1CC(=O)NC1=O. The van der Waals surface area contributed by atoms with E-state index in [9.17, 15) is 9.59 Å². The summed E-state index contributed by atoms with van der Waals surface area (Å²) in [4.78, 5) is 22.0. The van der Waals surface area contributed by atoms with Crippen LogP contribution >= 0.6 is 0 Å². The third-order valence-corrected chi connectivity index (χ3v) is 2.54. The summed E-state index contributed by atoms with van der Waals surface area (Å²) in [5.74, 6) is -0.137. The van der Waals surface area contributed by atoms with E-state index in [0.717, 1.165) is 12.8 Å². The second-order valence-corrected chi connectivity index (χ2v) is 4.05. The van der Waals surface area contributed by atoms with Crippen molar-refractivity contribution < 1.29 is 14.7 Å². The Morgan fingerprint density at radius 1 is 1.60 bits per heavy atom. The molecule has 5 heteroatoms. The summed E-state index contributed by atoms with van der Waals surface area (Å²) in [6.45, 7) is 2.88. The Kier molecular flexibility index (Phi) is 4.71. The van der Waals surface area contributed by atoms with Crippen LogP contribution in [0, 0.1) is 5.92 Å². The van der Waals surface area contributed by atoms with Crippen molar-refractivity contribution in [2.45, 2.75) is 32.2 Å². The minimum absolute atomic E-state index is 0.197. The number of aliphatic hydroxyl groups excluding tert-OH is 1. The minimum atomic E-state index is -0.359. The van der Waals surface area contributed by atoms with Crippen LogP contribution in [0.3, 0.4) is 0 Å². The lowest BCUT2D eigenvalue weighted by molar-refractivity contribution is -0.125. The summed E-state index contributed by atoms with van der Waals surface area (Å²) in [5, 5.41) is 14.1. The molecule has 1 saturated heterocycles. The van der Waals surface area contributed by atoms with Crippen molar-refractivity contribution in [3.63, 3.8) is 0 Å². The molecule has 1 heterocycles. The molecule has 3 N–H and O–H groups in total. The third-order valence-electron chi connectivity index (χ3n) is 2.54. The van der Waals surface area contributed by atoms with E-state index in [1.807, 2.05) is 6.92 Å². The molecule has 1 aliphatic rings. The molecule has 0 radical (unpaired) electrons. The summed E-state index contributed by atoms with van der Waals surface area (Å²) in [5.41, 5.74) is 0. The first-order valence-corrected chi connectivity index (χ1v) is 5.31. The van der Waals surface area contributed by atoms with E-state index in [1.165, 1.54) is 0 Å². The minimum Gasteiger partial charge on any atom is -0.396 e. The van der Waals surface area contributed by atoms with Gasteiger partial charge in [0.2, 0.25) is 11.8 Å². The van der Waals surface area contributed by atoms with Crippen molar-refractivity contribution >= 4 is 11.8 Å². The Labute approximate surface area is 89.2 Å². The number of amides is 2. The zero-order valence-electron chi connectivity index (χ0n) is 8.95. The maximum Gasteiger partial charge on any atom is 0.244 e. The highest BCUT2D eigenvalue weighted by Crippen LogP contribution is 2.05. The fraction of sp³-hybridized carbons (Fsp3) is 0.800. The molecule has 0 spiro atoms. The first-order chi connectivity index (χ1) is 7.13. The van der Waals surface area contributed by atoms with Gasteiger partial charge in [-0.2, -0.15) is 0 Å². The van der Waals surface area contributed by atoms with E-state index in [2.05, 4.69) is 10.6 Å². The molecule has 2 amide bonds. The van der Waals surface area contributed by atoms with Gasteiger partial charge in [-0.05, 0) is 25.3 Å². The highest BCUT2D eigenvalue weighted by atomic mass is 16.3. The molecule has 1 rings (SSSR count). The van der Waals surface area contributed by atoms with Crippen molar-refractivity contribution in [2.75, 3.05) is 13.2 Å². The number of carbonyl (C=O) groups is 2. The summed E-state index contributed by atoms with van der Waals surface area (Å²) >= 11 is 0. The van der Waals surface area contributed by atoms with Gasteiger partial charge < -0.3 is 10.4 Å². The second-order valence-electron chi connectivity index (χ2n) is 4.05. The normalized spacial score (nSPS) is 22.9. The van der Waals surface area contributed by atoms with Gasteiger partial charge in [0.1, 0.15) is 0 Å². The monoisotopic (exact) mass is 214 g/mol. The fourth-order valence-electron chi connectivity index (χ4n) is 1.54. The molecule has 2 atom stereocenters. The lowest BCUT2D eigenvalue weighted by Gasteiger charge is -2.10. The van der Waals surface area contributed by atoms with Crippen LogP contribution in [0.1, 0.15) is 26.2 Å². The Hall–Kier alpha value is -0.940. The van der Waals surface area contributed by atoms with Crippen LogP contribution < -0.4 is 10.6 Å².